The Balaban J connectivity index is 5.24. The van der Waals surface area contributed by atoms with Crippen molar-refractivity contribution >= 4 is 39.5 Å². The maximum absolute atomic E-state index is 13.0. The Hall–Kier alpha value is -1.94. The average molecular weight is 1280 g/mol. The van der Waals surface area contributed by atoms with Gasteiger partial charge in [-0.1, -0.05) is 292 Å². The highest BCUT2D eigenvalue weighted by Gasteiger charge is 2.30. The Bertz CT molecular complexity index is 1700. The maximum Gasteiger partial charge on any atom is 0.472 e. The van der Waals surface area contributed by atoms with Crippen molar-refractivity contribution in [2.45, 2.75) is 362 Å². The number of rotatable bonds is 67. The maximum atomic E-state index is 13.0. The number of unbranched alkanes of at least 4 members (excludes halogenated alkanes) is 36. The SMILES string of the molecule is CCCCCCCCCCCCCCCC(=O)OC[C@H](COP(=O)(O)OC[C@@H](O)COP(=O)(O)OC[C@@H](COC(=O)CCCCCCCCCC)OC(=O)CCCCCCCCCCCC(C)C)OC(=O)CCCCCCCCCCCCC(C)CC. The largest absolute Gasteiger partial charge is 0.472 e. The quantitative estimate of drug-likeness (QED) is 0.0222. The number of aliphatic hydroxyl groups is 1. The van der Waals surface area contributed by atoms with Crippen molar-refractivity contribution in [3.8, 4) is 0 Å². The molecule has 0 aliphatic rings. The third kappa shape index (κ3) is 61.3. The van der Waals surface area contributed by atoms with Crippen molar-refractivity contribution in [2.75, 3.05) is 39.6 Å². The monoisotopic (exact) mass is 1280 g/mol. The fraction of sp³-hybridized carbons (Fsp3) is 0.941. The molecule has 87 heavy (non-hydrogen) atoms. The van der Waals surface area contributed by atoms with Crippen LogP contribution in [0.5, 0.6) is 0 Å². The van der Waals surface area contributed by atoms with Crippen LogP contribution in [0.2, 0.25) is 0 Å². The number of aliphatic hydroxyl groups excluding tert-OH is 1. The molecule has 516 valence electrons. The molecule has 17 nitrogen and oxygen atoms in total. The van der Waals surface area contributed by atoms with Gasteiger partial charge in [0.05, 0.1) is 26.4 Å². The van der Waals surface area contributed by atoms with Crippen molar-refractivity contribution in [3.05, 3.63) is 0 Å². The fourth-order valence-corrected chi connectivity index (χ4v) is 11.8. The molecule has 3 N–H and O–H groups in total. The molecule has 0 aromatic carbocycles. The molecular weight excluding hydrogens is 1150 g/mol. The molecule has 0 spiro atoms. The summed E-state index contributed by atoms with van der Waals surface area (Å²) in [6, 6.07) is 0. The van der Waals surface area contributed by atoms with Crippen LogP contribution in [0.4, 0.5) is 0 Å². The minimum absolute atomic E-state index is 0.105. The lowest BCUT2D eigenvalue weighted by Crippen LogP contribution is -2.30. The summed E-state index contributed by atoms with van der Waals surface area (Å²) < 4.78 is 68.2. The van der Waals surface area contributed by atoms with Crippen LogP contribution in [-0.4, -0.2) is 96.7 Å². The number of hydrogen-bond acceptors (Lipinski definition) is 15. The molecule has 0 saturated heterocycles. The van der Waals surface area contributed by atoms with E-state index in [0.717, 1.165) is 108 Å². The molecule has 0 aromatic heterocycles. The Labute approximate surface area is 530 Å². The molecule has 6 atom stereocenters. The molecule has 0 heterocycles. The number of hydrogen-bond donors (Lipinski definition) is 3. The van der Waals surface area contributed by atoms with E-state index in [0.29, 0.717) is 25.7 Å². The molecule has 0 fully saturated rings. The first-order valence-corrected chi connectivity index (χ1v) is 38.5. The van der Waals surface area contributed by atoms with E-state index in [4.69, 9.17) is 37.0 Å². The zero-order valence-electron chi connectivity index (χ0n) is 56.3. The summed E-state index contributed by atoms with van der Waals surface area (Å²) >= 11 is 0. The third-order valence-corrected chi connectivity index (χ3v) is 18.0. The summed E-state index contributed by atoms with van der Waals surface area (Å²) in [5.41, 5.74) is 0. The second-order valence-electron chi connectivity index (χ2n) is 25.3. The molecule has 19 heteroatoms. The van der Waals surface area contributed by atoms with E-state index in [1.54, 1.807) is 0 Å². The van der Waals surface area contributed by atoms with Gasteiger partial charge < -0.3 is 33.8 Å². The predicted octanol–water partition coefficient (Wildman–Crippen LogP) is 19.2. The summed E-state index contributed by atoms with van der Waals surface area (Å²) in [4.78, 5) is 72.4. The topological polar surface area (TPSA) is 237 Å². The molecule has 0 radical (unpaired) electrons. The van der Waals surface area contributed by atoms with Crippen LogP contribution in [0.15, 0.2) is 0 Å². The molecule has 3 unspecified atom stereocenters. The number of carbonyl (C=O) groups excluding carboxylic acids is 4. The molecule has 0 saturated carbocycles. The predicted molar refractivity (Wildman–Crippen MR) is 349 cm³/mol. The summed E-state index contributed by atoms with van der Waals surface area (Å²) in [6.45, 7) is 9.51. The first-order chi connectivity index (χ1) is 41.9. The van der Waals surface area contributed by atoms with E-state index in [-0.39, 0.29) is 25.7 Å². The summed E-state index contributed by atoms with van der Waals surface area (Å²) in [5.74, 6) is -0.589. The van der Waals surface area contributed by atoms with Gasteiger partial charge in [-0.15, -0.1) is 0 Å². The summed E-state index contributed by atoms with van der Waals surface area (Å²) in [6.07, 6.45) is 44.3. The highest BCUT2D eigenvalue weighted by Crippen LogP contribution is 2.45. The Morgan fingerprint density at radius 1 is 0.333 bits per heavy atom. The van der Waals surface area contributed by atoms with E-state index in [9.17, 15) is 43.2 Å². The zero-order chi connectivity index (χ0) is 64.3. The van der Waals surface area contributed by atoms with Gasteiger partial charge in [0, 0.05) is 25.7 Å². The first-order valence-electron chi connectivity index (χ1n) is 35.5. The Kier molecular flexibility index (Phi) is 59.0. The van der Waals surface area contributed by atoms with Gasteiger partial charge in [-0.05, 0) is 37.5 Å². The number of phosphoric ester groups is 2. The van der Waals surface area contributed by atoms with Crippen LogP contribution in [0.25, 0.3) is 0 Å². The molecule has 0 aliphatic carbocycles. The number of phosphoric acid groups is 2. The molecule has 0 aliphatic heterocycles. The van der Waals surface area contributed by atoms with Crippen molar-refractivity contribution in [2.24, 2.45) is 11.8 Å². The van der Waals surface area contributed by atoms with Crippen LogP contribution < -0.4 is 0 Å². The highest BCUT2D eigenvalue weighted by atomic mass is 31.2. The second kappa shape index (κ2) is 60.3. The normalized spacial score (nSPS) is 14.5. The van der Waals surface area contributed by atoms with E-state index in [1.165, 1.54) is 154 Å². The molecule has 0 amide bonds. The Morgan fingerprint density at radius 2 is 0.586 bits per heavy atom. The lowest BCUT2D eigenvalue weighted by Gasteiger charge is -2.21. The lowest BCUT2D eigenvalue weighted by atomic mass is 9.99. The van der Waals surface area contributed by atoms with Crippen molar-refractivity contribution in [1.29, 1.82) is 0 Å². The summed E-state index contributed by atoms with van der Waals surface area (Å²) in [5, 5.41) is 10.6. The van der Waals surface area contributed by atoms with Gasteiger partial charge >= 0.3 is 39.5 Å². The average Bonchev–Trinajstić information content (AvgIpc) is 3.59. The van der Waals surface area contributed by atoms with Crippen LogP contribution >= 0.6 is 15.6 Å². The van der Waals surface area contributed by atoms with Gasteiger partial charge in [0.1, 0.15) is 19.3 Å². The van der Waals surface area contributed by atoms with Gasteiger partial charge in [-0.2, -0.15) is 0 Å². The van der Waals surface area contributed by atoms with Gasteiger partial charge in [-0.25, -0.2) is 9.13 Å². The fourth-order valence-electron chi connectivity index (χ4n) is 10.2. The van der Waals surface area contributed by atoms with E-state index < -0.39 is 97.5 Å². The molecule has 0 bridgehead atoms. The van der Waals surface area contributed by atoms with Gasteiger partial charge in [-0.3, -0.25) is 37.3 Å². The minimum atomic E-state index is -4.95. The van der Waals surface area contributed by atoms with Crippen molar-refractivity contribution < 1.29 is 80.2 Å². The van der Waals surface area contributed by atoms with Gasteiger partial charge in [0.25, 0.3) is 0 Å². The standard InChI is InChI=1S/C68H132O17P2/c1-7-10-12-14-16-18-19-20-21-27-33-39-45-51-66(71)79-57-64(84-67(72)52-46-40-34-28-23-22-26-31-37-43-49-61(6)9-3)59-83-87(76,77)81-55-62(69)54-80-86(74,75)82-58-63(56-78-65(70)50-44-38-32-17-15-13-11-8-2)85-68(73)53-47-41-35-29-24-25-30-36-42-48-60(4)5/h60-64,69H,7-59H2,1-6H3,(H,74,75)(H,76,77)/t61?,62-,63+,64+/m0/s1. The summed E-state index contributed by atoms with van der Waals surface area (Å²) in [7, 11) is -9.89. The van der Waals surface area contributed by atoms with Crippen molar-refractivity contribution in [3.63, 3.8) is 0 Å². The lowest BCUT2D eigenvalue weighted by molar-refractivity contribution is -0.161. The number of carbonyl (C=O) groups is 4. The van der Waals surface area contributed by atoms with Crippen LogP contribution in [0.3, 0.4) is 0 Å². The first kappa shape index (κ1) is 85.1. The third-order valence-electron chi connectivity index (χ3n) is 16.1. The van der Waals surface area contributed by atoms with Crippen LogP contribution in [-0.2, 0) is 65.4 Å². The number of ether oxygens (including phenoxy) is 4. The second-order valence-corrected chi connectivity index (χ2v) is 28.2. The van der Waals surface area contributed by atoms with Crippen LogP contribution in [0.1, 0.15) is 343 Å². The highest BCUT2D eigenvalue weighted by molar-refractivity contribution is 7.47. The smallest absolute Gasteiger partial charge is 0.462 e. The van der Waals surface area contributed by atoms with Crippen LogP contribution in [0, 0.1) is 11.8 Å². The van der Waals surface area contributed by atoms with E-state index >= 15 is 0 Å². The Morgan fingerprint density at radius 3 is 0.874 bits per heavy atom. The molecule has 0 rings (SSSR count). The molecule has 0 aromatic rings. The van der Waals surface area contributed by atoms with Gasteiger partial charge in [0.2, 0.25) is 0 Å². The zero-order valence-corrected chi connectivity index (χ0v) is 58.1. The van der Waals surface area contributed by atoms with Gasteiger partial charge in [0.15, 0.2) is 12.2 Å². The van der Waals surface area contributed by atoms with E-state index in [1.807, 2.05) is 0 Å². The number of esters is 4. The van der Waals surface area contributed by atoms with Crippen molar-refractivity contribution in [1.82, 2.24) is 0 Å². The minimum Gasteiger partial charge on any atom is -0.462 e. The van der Waals surface area contributed by atoms with E-state index in [2.05, 4.69) is 41.5 Å². The molecular formula is C68H132O17P2.